The van der Waals surface area contributed by atoms with Crippen LogP contribution in [0.3, 0.4) is 0 Å². The molecule has 2 amide bonds. The summed E-state index contributed by atoms with van der Waals surface area (Å²) in [6.07, 6.45) is 6.47. The van der Waals surface area contributed by atoms with Gasteiger partial charge in [-0.05, 0) is 74.3 Å². The molecule has 0 radical (unpaired) electrons. The molecule has 0 aromatic heterocycles. The van der Waals surface area contributed by atoms with E-state index in [0.29, 0.717) is 18.5 Å². The van der Waals surface area contributed by atoms with Crippen LogP contribution in [0.2, 0.25) is 0 Å². The summed E-state index contributed by atoms with van der Waals surface area (Å²) in [5, 5.41) is 6.15. The highest BCUT2D eigenvalue weighted by Gasteiger charge is 2.54. The van der Waals surface area contributed by atoms with Crippen molar-refractivity contribution in [3.05, 3.63) is 35.4 Å². The first-order chi connectivity index (χ1) is 13.8. The summed E-state index contributed by atoms with van der Waals surface area (Å²) in [6, 6.07) is 7.40. The minimum absolute atomic E-state index is 0.0832. The molecule has 6 nitrogen and oxygen atoms in total. The van der Waals surface area contributed by atoms with Crippen LogP contribution in [0.15, 0.2) is 24.3 Å². The Hall–Kier alpha value is -1.60. The van der Waals surface area contributed by atoms with Crippen LogP contribution < -0.4 is 15.4 Å². The predicted molar refractivity (Wildman–Crippen MR) is 114 cm³/mol. The summed E-state index contributed by atoms with van der Waals surface area (Å²) in [7, 11) is -3.41. The Morgan fingerprint density at radius 1 is 1.07 bits per heavy atom. The lowest BCUT2D eigenvalue weighted by Gasteiger charge is -2.32. The molecule has 3 fully saturated rings. The number of sulfonamides is 1. The quantitative estimate of drug-likeness (QED) is 0.634. The lowest BCUT2D eigenvalue weighted by molar-refractivity contribution is 0.197. The highest BCUT2D eigenvalue weighted by atomic mass is 32.2. The minimum atomic E-state index is -3.41. The average Bonchev–Trinajstić information content (AvgIpc) is 3.32. The van der Waals surface area contributed by atoms with E-state index >= 15 is 0 Å². The summed E-state index contributed by atoms with van der Waals surface area (Å²) < 4.78 is 27.2. The number of hydrogen-bond donors (Lipinski definition) is 3. The molecule has 3 saturated carbocycles. The molecule has 29 heavy (non-hydrogen) atoms. The number of amides is 2. The molecule has 4 rings (SSSR count). The van der Waals surface area contributed by atoms with Gasteiger partial charge in [-0.3, -0.25) is 0 Å². The molecule has 1 aromatic carbocycles. The molecule has 0 spiro atoms. The van der Waals surface area contributed by atoms with Crippen molar-refractivity contribution in [2.75, 3.05) is 0 Å². The first-order valence-corrected chi connectivity index (χ1v) is 12.6. The molecule has 5 unspecified atom stereocenters. The summed E-state index contributed by atoms with van der Waals surface area (Å²) >= 11 is 0. The Labute approximate surface area is 174 Å². The number of carbonyl (C=O) groups excluding carboxylic acids is 1. The summed E-state index contributed by atoms with van der Waals surface area (Å²) in [4.78, 5) is 12.5. The molecule has 3 aliphatic carbocycles. The SMILES string of the molecule is CC(C)NS(=O)(=O)Cc1ccccc1CNC(=O)NC1CC2CC1C1CCCC21. The number of benzene rings is 1. The molecular formula is C22H33N3O3S. The molecule has 2 bridgehead atoms. The van der Waals surface area contributed by atoms with Crippen molar-refractivity contribution in [1.82, 2.24) is 15.4 Å². The maximum Gasteiger partial charge on any atom is 0.315 e. The van der Waals surface area contributed by atoms with Crippen molar-refractivity contribution in [3.63, 3.8) is 0 Å². The monoisotopic (exact) mass is 419 g/mol. The lowest BCUT2D eigenvalue weighted by atomic mass is 9.79. The third kappa shape index (κ3) is 4.61. The Bertz CT molecular complexity index is 855. The normalized spacial score (nSPS) is 30.5. The Morgan fingerprint density at radius 3 is 2.55 bits per heavy atom. The summed E-state index contributed by atoms with van der Waals surface area (Å²) in [5.74, 6) is 3.10. The van der Waals surface area contributed by atoms with Crippen LogP contribution in [-0.2, 0) is 22.3 Å². The minimum Gasteiger partial charge on any atom is -0.335 e. The van der Waals surface area contributed by atoms with Crippen LogP contribution in [0.25, 0.3) is 0 Å². The molecular weight excluding hydrogens is 386 g/mol. The fraction of sp³-hybridized carbons (Fsp3) is 0.682. The van der Waals surface area contributed by atoms with Crippen molar-refractivity contribution in [2.45, 2.75) is 70.3 Å². The van der Waals surface area contributed by atoms with Gasteiger partial charge >= 0.3 is 6.03 Å². The number of rotatable bonds is 7. The van der Waals surface area contributed by atoms with Crippen molar-refractivity contribution < 1.29 is 13.2 Å². The molecule has 3 N–H and O–H groups in total. The first-order valence-electron chi connectivity index (χ1n) is 10.9. The number of hydrogen-bond acceptors (Lipinski definition) is 3. The highest BCUT2D eigenvalue weighted by Crippen LogP contribution is 2.58. The van der Waals surface area contributed by atoms with Gasteiger partial charge in [0, 0.05) is 18.6 Å². The van der Waals surface area contributed by atoms with Crippen LogP contribution in [0.5, 0.6) is 0 Å². The molecule has 7 heteroatoms. The van der Waals surface area contributed by atoms with Gasteiger partial charge < -0.3 is 10.6 Å². The van der Waals surface area contributed by atoms with E-state index < -0.39 is 10.0 Å². The number of carbonyl (C=O) groups is 1. The van der Waals surface area contributed by atoms with Gasteiger partial charge in [-0.15, -0.1) is 0 Å². The second kappa shape index (κ2) is 8.26. The van der Waals surface area contributed by atoms with E-state index in [4.69, 9.17) is 0 Å². The van der Waals surface area contributed by atoms with E-state index in [1.165, 1.54) is 25.7 Å². The van der Waals surface area contributed by atoms with Crippen molar-refractivity contribution in [1.29, 1.82) is 0 Å². The van der Waals surface area contributed by atoms with Gasteiger partial charge in [0.15, 0.2) is 0 Å². The maximum absolute atomic E-state index is 12.5. The van der Waals surface area contributed by atoms with E-state index in [9.17, 15) is 13.2 Å². The zero-order valence-corrected chi connectivity index (χ0v) is 18.2. The molecule has 1 aromatic rings. The second-order valence-electron chi connectivity index (χ2n) is 9.39. The van der Waals surface area contributed by atoms with Crippen molar-refractivity contribution >= 4 is 16.1 Å². The number of nitrogens with one attached hydrogen (secondary N) is 3. The fourth-order valence-corrected chi connectivity index (χ4v) is 7.60. The van der Waals surface area contributed by atoms with E-state index in [1.807, 2.05) is 24.3 Å². The highest BCUT2D eigenvalue weighted by molar-refractivity contribution is 7.88. The van der Waals surface area contributed by atoms with Gasteiger partial charge in [0.1, 0.15) is 0 Å². The van der Waals surface area contributed by atoms with Gasteiger partial charge in [-0.1, -0.05) is 30.7 Å². The Balaban J connectivity index is 1.32. The lowest BCUT2D eigenvalue weighted by Crippen LogP contribution is -2.46. The van der Waals surface area contributed by atoms with Gasteiger partial charge in [-0.2, -0.15) is 0 Å². The second-order valence-corrected chi connectivity index (χ2v) is 11.1. The molecule has 160 valence electrons. The maximum atomic E-state index is 12.5. The molecule has 3 aliphatic rings. The Morgan fingerprint density at radius 2 is 1.79 bits per heavy atom. The first kappa shape index (κ1) is 20.7. The molecule has 0 saturated heterocycles. The van der Waals surface area contributed by atoms with Crippen molar-refractivity contribution in [3.8, 4) is 0 Å². The van der Waals surface area contributed by atoms with Crippen molar-refractivity contribution in [2.24, 2.45) is 23.7 Å². The van der Waals surface area contributed by atoms with Crippen LogP contribution in [0, 0.1) is 23.7 Å². The predicted octanol–water partition coefficient (Wildman–Crippen LogP) is 3.14. The third-order valence-corrected chi connectivity index (χ3v) is 8.59. The van der Waals surface area contributed by atoms with Gasteiger partial charge in [0.05, 0.1) is 5.75 Å². The van der Waals surface area contributed by atoms with Gasteiger partial charge in [0.2, 0.25) is 10.0 Å². The standard InChI is InChI=1S/C22H33N3O3S/c1-14(2)25-29(27,28)13-16-7-4-3-6-15(16)12-23-22(26)24-21-11-17-10-20(21)19-9-5-8-18(17)19/h3-4,6-7,14,17-21,25H,5,8-13H2,1-2H3,(H2,23,24,26). The zero-order chi connectivity index (χ0) is 20.6. The smallest absolute Gasteiger partial charge is 0.315 e. The van der Waals surface area contributed by atoms with Crippen LogP contribution in [0.4, 0.5) is 4.79 Å². The topological polar surface area (TPSA) is 87.3 Å². The third-order valence-electron chi connectivity index (χ3n) is 7.06. The van der Waals surface area contributed by atoms with Gasteiger partial charge in [0.25, 0.3) is 0 Å². The fourth-order valence-electron chi connectivity index (χ4n) is 6.11. The van der Waals surface area contributed by atoms with E-state index in [0.717, 1.165) is 35.3 Å². The molecule has 0 aliphatic heterocycles. The van der Waals surface area contributed by atoms with E-state index in [-0.39, 0.29) is 17.8 Å². The average molecular weight is 420 g/mol. The summed E-state index contributed by atoms with van der Waals surface area (Å²) in [5.41, 5.74) is 1.55. The largest absolute Gasteiger partial charge is 0.335 e. The molecule has 0 heterocycles. The number of fused-ring (bicyclic) bond motifs is 5. The van der Waals surface area contributed by atoms with E-state index in [2.05, 4.69) is 15.4 Å². The van der Waals surface area contributed by atoms with Crippen LogP contribution in [0.1, 0.15) is 57.1 Å². The Kier molecular flexibility index (Phi) is 5.89. The molecule has 5 atom stereocenters. The summed E-state index contributed by atoms with van der Waals surface area (Å²) in [6.45, 7) is 3.93. The zero-order valence-electron chi connectivity index (χ0n) is 17.4. The van der Waals surface area contributed by atoms with Crippen LogP contribution in [-0.4, -0.2) is 26.5 Å². The van der Waals surface area contributed by atoms with E-state index in [1.54, 1.807) is 13.8 Å². The van der Waals surface area contributed by atoms with Gasteiger partial charge in [-0.25, -0.2) is 17.9 Å². The van der Waals surface area contributed by atoms with Crippen LogP contribution >= 0.6 is 0 Å². The number of urea groups is 1.